The number of aliphatic hydroxyl groups excluding tert-OH is 1. The normalized spacial score (nSPS) is 14.4. The average Bonchev–Trinajstić information content (AvgIpc) is 2.81. The van der Waals surface area contributed by atoms with Crippen LogP contribution in [0.5, 0.6) is 0 Å². The number of sulfone groups is 1. The number of hydrogen-bond donors (Lipinski definition) is 4. The van der Waals surface area contributed by atoms with Crippen molar-refractivity contribution in [1.29, 1.82) is 0 Å². The highest BCUT2D eigenvalue weighted by Gasteiger charge is 2.29. The summed E-state index contributed by atoms with van der Waals surface area (Å²) < 4.78 is 52.5. The molecule has 1 amide bonds. The van der Waals surface area contributed by atoms with Gasteiger partial charge >= 0.3 is 0 Å². The van der Waals surface area contributed by atoms with Gasteiger partial charge in [0.15, 0.2) is 9.84 Å². The van der Waals surface area contributed by atoms with E-state index in [4.69, 9.17) is 5.73 Å². The number of nitrogens with two attached hydrogens (primary N) is 1. The molecule has 36 heavy (non-hydrogen) atoms. The van der Waals surface area contributed by atoms with Gasteiger partial charge in [0.05, 0.1) is 17.6 Å². The molecule has 10 heteroatoms. The zero-order valence-corrected chi connectivity index (χ0v) is 21.7. The van der Waals surface area contributed by atoms with Crippen LogP contribution in [0.15, 0.2) is 42.5 Å². The Labute approximate surface area is 212 Å². The van der Waals surface area contributed by atoms with Crippen LogP contribution >= 0.6 is 0 Å². The van der Waals surface area contributed by atoms with E-state index in [1.807, 2.05) is 25.1 Å². The molecule has 2 aromatic carbocycles. The Balaban J connectivity index is 2.17. The second kappa shape index (κ2) is 14.4. The highest BCUT2D eigenvalue weighted by Crippen LogP contribution is 2.13. The lowest BCUT2D eigenvalue weighted by Crippen LogP contribution is -2.56. The van der Waals surface area contributed by atoms with Crippen LogP contribution in [-0.2, 0) is 34.0 Å². The molecule has 0 radical (unpaired) electrons. The molecule has 5 N–H and O–H groups in total. The van der Waals surface area contributed by atoms with E-state index in [0.29, 0.717) is 19.4 Å². The summed E-state index contributed by atoms with van der Waals surface area (Å²) in [5.74, 6) is -3.06. The molecule has 0 saturated carbocycles. The maximum atomic E-state index is 13.8. The van der Waals surface area contributed by atoms with Crippen LogP contribution in [0.2, 0.25) is 0 Å². The first-order chi connectivity index (χ1) is 17.0. The Hall–Kier alpha value is -2.40. The van der Waals surface area contributed by atoms with Gasteiger partial charge in [0, 0.05) is 25.2 Å². The summed E-state index contributed by atoms with van der Waals surface area (Å²) in [6, 6.07) is 8.80. The number of aliphatic hydroxyl groups is 1. The lowest BCUT2D eigenvalue weighted by molar-refractivity contribution is -0.119. The van der Waals surface area contributed by atoms with Gasteiger partial charge in [0.25, 0.3) is 0 Å². The van der Waals surface area contributed by atoms with Crippen LogP contribution in [0.25, 0.3) is 0 Å². The van der Waals surface area contributed by atoms with Gasteiger partial charge in [-0.05, 0) is 48.1 Å². The van der Waals surface area contributed by atoms with Crippen molar-refractivity contribution in [2.24, 2.45) is 5.73 Å². The van der Waals surface area contributed by atoms with Crippen molar-refractivity contribution in [1.82, 2.24) is 10.6 Å². The molecule has 0 fully saturated rings. The summed E-state index contributed by atoms with van der Waals surface area (Å²) in [5, 5.41) is 16.9. The van der Waals surface area contributed by atoms with Gasteiger partial charge in [0.2, 0.25) is 5.91 Å². The molecule has 0 aliphatic carbocycles. The first kappa shape index (κ1) is 29.8. The molecule has 0 aromatic heterocycles. The molecule has 0 aliphatic rings. The number of unbranched alkanes of at least 4 members (excludes halogenated alkanes) is 1. The Kier molecular flexibility index (Phi) is 11.9. The molecule has 7 nitrogen and oxygen atoms in total. The van der Waals surface area contributed by atoms with Crippen LogP contribution in [0.3, 0.4) is 0 Å². The molecular weight excluding hydrogens is 488 g/mol. The molecule has 0 unspecified atom stereocenters. The minimum Gasteiger partial charge on any atom is -0.390 e. The summed E-state index contributed by atoms with van der Waals surface area (Å²) in [4.78, 5) is 12.1. The Morgan fingerprint density at radius 2 is 1.72 bits per heavy atom. The van der Waals surface area contributed by atoms with Gasteiger partial charge in [-0.25, -0.2) is 17.2 Å². The van der Waals surface area contributed by atoms with Crippen LogP contribution in [-0.4, -0.2) is 55.7 Å². The fourth-order valence-electron chi connectivity index (χ4n) is 3.93. The maximum absolute atomic E-state index is 13.8. The number of carbonyl (C=O) groups excluding carboxylic acids is 1. The SMILES string of the molecule is CCCCS(=O)(=O)C[C@@H](N[C@@H](Cc1cc(F)cc(F)c1)[C@H](O)CNCc1cccc(CC)c1)C(N)=O. The Morgan fingerprint density at radius 3 is 2.33 bits per heavy atom. The summed E-state index contributed by atoms with van der Waals surface area (Å²) in [6.45, 7) is 4.46. The van der Waals surface area contributed by atoms with Crippen LogP contribution in [0.4, 0.5) is 8.78 Å². The van der Waals surface area contributed by atoms with Gasteiger partial charge in [-0.3, -0.25) is 10.1 Å². The predicted octanol–water partition coefficient (Wildman–Crippen LogP) is 2.25. The molecule has 0 spiro atoms. The molecule has 2 aromatic rings. The average molecular weight is 526 g/mol. The van der Waals surface area contributed by atoms with E-state index in [1.165, 1.54) is 5.56 Å². The quantitative estimate of drug-likeness (QED) is 0.267. The lowest BCUT2D eigenvalue weighted by atomic mass is 9.99. The third-order valence-electron chi connectivity index (χ3n) is 5.91. The summed E-state index contributed by atoms with van der Waals surface area (Å²) >= 11 is 0. The molecule has 0 saturated heterocycles. The van der Waals surface area contributed by atoms with Crippen molar-refractivity contribution in [3.05, 3.63) is 70.8 Å². The first-order valence-corrected chi connectivity index (χ1v) is 14.0. The Morgan fingerprint density at radius 1 is 1.06 bits per heavy atom. The van der Waals surface area contributed by atoms with Gasteiger partial charge in [-0.15, -0.1) is 0 Å². The minimum absolute atomic E-state index is 0.0539. The smallest absolute Gasteiger partial charge is 0.235 e. The van der Waals surface area contributed by atoms with Crippen molar-refractivity contribution in [2.75, 3.05) is 18.1 Å². The first-order valence-electron chi connectivity index (χ1n) is 12.2. The number of amides is 1. The second-order valence-electron chi connectivity index (χ2n) is 9.05. The number of halogens is 2. The number of nitrogens with one attached hydrogen (secondary N) is 2. The fraction of sp³-hybridized carbons (Fsp3) is 0.500. The zero-order chi connectivity index (χ0) is 26.7. The van der Waals surface area contributed by atoms with Crippen molar-refractivity contribution >= 4 is 15.7 Å². The monoisotopic (exact) mass is 525 g/mol. The number of primary amides is 1. The predicted molar refractivity (Wildman–Crippen MR) is 137 cm³/mol. The van der Waals surface area contributed by atoms with Crippen LogP contribution in [0, 0.1) is 11.6 Å². The molecule has 0 aliphatic heterocycles. The summed E-state index contributed by atoms with van der Waals surface area (Å²) in [5.41, 5.74) is 7.93. The van der Waals surface area contributed by atoms with Gasteiger partial charge in [-0.2, -0.15) is 0 Å². The lowest BCUT2D eigenvalue weighted by Gasteiger charge is -2.28. The Bertz CT molecular complexity index is 1080. The number of hydrogen-bond acceptors (Lipinski definition) is 6. The molecule has 200 valence electrons. The highest BCUT2D eigenvalue weighted by atomic mass is 32.2. The largest absolute Gasteiger partial charge is 0.390 e. The second-order valence-corrected chi connectivity index (χ2v) is 11.3. The van der Waals surface area contributed by atoms with E-state index in [9.17, 15) is 27.1 Å². The number of benzene rings is 2. The summed E-state index contributed by atoms with van der Waals surface area (Å²) in [7, 11) is -3.59. The standard InChI is InChI=1S/C26H37F2N3O4S/c1-3-5-9-36(34,35)17-24(26(29)33)31-23(13-20-11-21(27)14-22(28)12-20)25(32)16-30-15-19-8-6-7-18(4-2)10-19/h6-8,10-12,14,23-25,30-32H,3-5,9,13,15-17H2,1-2H3,(H2,29,33)/t23-,24+,25+/m0/s1. The summed E-state index contributed by atoms with van der Waals surface area (Å²) in [6.07, 6.45) is 0.842. The molecule has 2 rings (SSSR count). The van der Waals surface area contributed by atoms with E-state index in [-0.39, 0.29) is 24.3 Å². The van der Waals surface area contributed by atoms with E-state index < -0.39 is 51.3 Å². The molecule has 0 heterocycles. The van der Waals surface area contributed by atoms with Crippen LogP contribution in [0.1, 0.15) is 43.4 Å². The van der Waals surface area contributed by atoms with Crippen molar-refractivity contribution in [3.8, 4) is 0 Å². The minimum atomic E-state index is -3.59. The van der Waals surface area contributed by atoms with E-state index >= 15 is 0 Å². The van der Waals surface area contributed by atoms with Gasteiger partial charge < -0.3 is 16.2 Å². The number of aryl methyl sites for hydroxylation is 1. The van der Waals surface area contributed by atoms with E-state index in [0.717, 1.165) is 30.2 Å². The third kappa shape index (κ3) is 10.3. The topological polar surface area (TPSA) is 122 Å². The van der Waals surface area contributed by atoms with Gasteiger partial charge in [0.1, 0.15) is 17.7 Å². The third-order valence-corrected chi connectivity index (χ3v) is 7.66. The maximum Gasteiger partial charge on any atom is 0.235 e. The number of carbonyl (C=O) groups is 1. The van der Waals surface area contributed by atoms with E-state index in [2.05, 4.69) is 23.6 Å². The molecule has 0 bridgehead atoms. The number of rotatable bonds is 16. The van der Waals surface area contributed by atoms with Crippen molar-refractivity contribution in [2.45, 2.75) is 64.3 Å². The van der Waals surface area contributed by atoms with Crippen LogP contribution < -0.4 is 16.4 Å². The molecular formula is C26H37F2N3O4S. The van der Waals surface area contributed by atoms with Gasteiger partial charge in [-0.1, -0.05) is 44.5 Å². The van der Waals surface area contributed by atoms with Crippen molar-refractivity contribution in [3.63, 3.8) is 0 Å². The molecule has 3 atom stereocenters. The van der Waals surface area contributed by atoms with E-state index in [1.54, 1.807) is 0 Å². The highest BCUT2D eigenvalue weighted by molar-refractivity contribution is 7.91. The fourth-order valence-corrected chi connectivity index (χ4v) is 5.59. The van der Waals surface area contributed by atoms with Crippen molar-refractivity contribution < 1.29 is 27.1 Å². The zero-order valence-electron chi connectivity index (χ0n) is 20.8.